The molecule has 1 rings (SSSR count). The summed E-state index contributed by atoms with van der Waals surface area (Å²) in [6.45, 7) is 11.3. The van der Waals surface area contributed by atoms with Gasteiger partial charge < -0.3 is 10.0 Å². The lowest BCUT2D eigenvalue weighted by molar-refractivity contribution is -0.137. The molecule has 2 atom stereocenters. The molecule has 0 aliphatic carbocycles. The van der Waals surface area contributed by atoms with Crippen LogP contribution in [0.5, 0.6) is 0 Å². The molecule has 0 radical (unpaired) electrons. The first-order valence-electron chi connectivity index (χ1n) is 6.26. The van der Waals surface area contributed by atoms with Crippen molar-refractivity contribution in [3.8, 4) is 0 Å². The van der Waals surface area contributed by atoms with Crippen LogP contribution < -0.4 is 0 Å². The van der Waals surface area contributed by atoms with Gasteiger partial charge >= 0.3 is 5.97 Å². The Morgan fingerprint density at radius 2 is 2.12 bits per heavy atom. The average molecular weight is 227 g/mol. The van der Waals surface area contributed by atoms with Crippen molar-refractivity contribution in [1.29, 1.82) is 0 Å². The second-order valence-corrected chi connectivity index (χ2v) is 6.13. The van der Waals surface area contributed by atoms with Gasteiger partial charge in [0, 0.05) is 19.0 Å². The van der Waals surface area contributed by atoms with E-state index in [9.17, 15) is 4.79 Å². The van der Waals surface area contributed by atoms with Crippen LogP contribution in [0.3, 0.4) is 0 Å². The lowest BCUT2D eigenvalue weighted by Crippen LogP contribution is -2.33. The van der Waals surface area contributed by atoms with Crippen LogP contribution in [0.15, 0.2) is 0 Å². The minimum Gasteiger partial charge on any atom is -0.481 e. The summed E-state index contributed by atoms with van der Waals surface area (Å²) in [5, 5.41) is 8.67. The molecule has 0 saturated carbocycles. The highest BCUT2D eigenvalue weighted by Crippen LogP contribution is 2.34. The van der Waals surface area contributed by atoms with Crippen LogP contribution in [0, 0.1) is 11.3 Å². The Morgan fingerprint density at radius 1 is 1.50 bits per heavy atom. The van der Waals surface area contributed by atoms with E-state index in [2.05, 4.69) is 32.6 Å². The van der Waals surface area contributed by atoms with Gasteiger partial charge in [-0.1, -0.05) is 20.8 Å². The number of aliphatic carboxylic acids is 1. The van der Waals surface area contributed by atoms with Crippen LogP contribution in [0.25, 0.3) is 0 Å². The maximum atomic E-state index is 10.5. The lowest BCUT2D eigenvalue weighted by atomic mass is 9.80. The van der Waals surface area contributed by atoms with Crippen LogP contribution >= 0.6 is 0 Å². The van der Waals surface area contributed by atoms with Gasteiger partial charge in [-0.25, -0.2) is 0 Å². The van der Waals surface area contributed by atoms with Crippen LogP contribution in [0.4, 0.5) is 0 Å². The Morgan fingerprint density at radius 3 is 2.56 bits per heavy atom. The Hall–Kier alpha value is -0.570. The Bertz CT molecular complexity index is 245. The highest BCUT2D eigenvalue weighted by atomic mass is 16.4. The summed E-state index contributed by atoms with van der Waals surface area (Å²) in [5.74, 6) is 0.0678. The van der Waals surface area contributed by atoms with E-state index in [4.69, 9.17) is 5.11 Å². The molecule has 94 valence electrons. The first kappa shape index (κ1) is 13.5. The summed E-state index contributed by atoms with van der Waals surface area (Å²) < 4.78 is 0. The molecule has 1 fully saturated rings. The van der Waals surface area contributed by atoms with E-state index < -0.39 is 5.97 Å². The van der Waals surface area contributed by atoms with Gasteiger partial charge in [-0.2, -0.15) is 0 Å². The first-order chi connectivity index (χ1) is 7.30. The van der Waals surface area contributed by atoms with Gasteiger partial charge in [0.1, 0.15) is 0 Å². The number of hydrogen-bond acceptors (Lipinski definition) is 2. The normalized spacial score (nSPS) is 24.6. The van der Waals surface area contributed by atoms with Crippen molar-refractivity contribution < 1.29 is 9.90 Å². The van der Waals surface area contributed by atoms with Crippen molar-refractivity contribution in [2.45, 2.75) is 53.0 Å². The van der Waals surface area contributed by atoms with Crippen LogP contribution in [0.1, 0.15) is 47.0 Å². The molecule has 0 amide bonds. The van der Waals surface area contributed by atoms with Crippen LogP contribution in [-0.2, 0) is 4.79 Å². The zero-order valence-electron chi connectivity index (χ0n) is 11.0. The van der Waals surface area contributed by atoms with Gasteiger partial charge in [-0.3, -0.25) is 4.79 Å². The van der Waals surface area contributed by atoms with E-state index in [1.807, 2.05) is 0 Å². The quantitative estimate of drug-likeness (QED) is 0.802. The fraction of sp³-hybridized carbons (Fsp3) is 0.923. The van der Waals surface area contributed by atoms with Crippen molar-refractivity contribution in [1.82, 2.24) is 4.90 Å². The molecule has 3 heteroatoms. The average Bonchev–Trinajstić information content (AvgIpc) is 2.61. The summed E-state index contributed by atoms with van der Waals surface area (Å²) in [5.41, 5.74) is 0.376. The summed E-state index contributed by atoms with van der Waals surface area (Å²) in [6, 6.07) is 0.406. The van der Waals surface area contributed by atoms with E-state index in [1.165, 1.54) is 6.42 Å². The Labute approximate surface area is 98.8 Å². The zero-order valence-corrected chi connectivity index (χ0v) is 11.0. The third-order valence-corrected chi connectivity index (χ3v) is 3.84. The second kappa shape index (κ2) is 5.17. The van der Waals surface area contributed by atoms with Gasteiger partial charge in [0.05, 0.1) is 0 Å². The third-order valence-electron chi connectivity index (χ3n) is 3.84. The third kappa shape index (κ3) is 3.78. The second-order valence-electron chi connectivity index (χ2n) is 6.13. The highest BCUT2D eigenvalue weighted by molar-refractivity contribution is 5.66. The number of hydrogen-bond donors (Lipinski definition) is 1. The van der Waals surface area contributed by atoms with E-state index in [-0.39, 0.29) is 6.42 Å². The minimum absolute atomic E-state index is 0.290. The number of rotatable bonds is 4. The number of carbonyl (C=O) groups is 1. The first-order valence-corrected chi connectivity index (χ1v) is 6.26. The molecule has 1 saturated heterocycles. The predicted octanol–water partition coefficient (Wildman–Crippen LogP) is 2.61. The molecule has 1 aliphatic heterocycles. The zero-order chi connectivity index (χ0) is 12.3. The summed E-state index contributed by atoms with van der Waals surface area (Å²) in [4.78, 5) is 13.0. The van der Waals surface area contributed by atoms with Crippen molar-refractivity contribution in [3.05, 3.63) is 0 Å². The Balaban J connectivity index is 2.38. The molecule has 0 aromatic heterocycles. The standard InChI is InChI=1S/C13H25NO2/c1-10(5-6-12(15)16)14-8-7-11(9-14)13(2,3)4/h10-11H,5-9H2,1-4H3,(H,15,16). The number of nitrogens with zero attached hydrogens (tertiary/aromatic N) is 1. The SMILES string of the molecule is CC(CCC(=O)O)N1CCC(C(C)(C)C)C1. The fourth-order valence-electron chi connectivity index (χ4n) is 2.41. The van der Waals surface area contributed by atoms with Crippen molar-refractivity contribution in [2.75, 3.05) is 13.1 Å². The van der Waals surface area contributed by atoms with Gasteiger partial charge in [-0.15, -0.1) is 0 Å². The molecule has 1 heterocycles. The summed E-state index contributed by atoms with van der Waals surface area (Å²) in [7, 11) is 0. The van der Waals surface area contributed by atoms with Gasteiger partial charge in [0.25, 0.3) is 0 Å². The van der Waals surface area contributed by atoms with Crippen LogP contribution in [0.2, 0.25) is 0 Å². The van der Waals surface area contributed by atoms with Crippen molar-refractivity contribution in [2.24, 2.45) is 11.3 Å². The number of likely N-dealkylation sites (tertiary alicyclic amines) is 1. The highest BCUT2D eigenvalue weighted by Gasteiger charge is 2.33. The van der Waals surface area contributed by atoms with Crippen molar-refractivity contribution in [3.63, 3.8) is 0 Å². The van der Waals surface area contributed by atoms with Gasteiger partial charge in [0.2, 0.25) is 0 Å². The molecule has 3 nitrogen and oxygen atoms in total. The summed E-state index contributed by atoms with van der Waals surface area (Å²) >= 11 is 0. The van der Waals surface area contributed by atoms with Crippen molar-refractivity contribution >= 4 is 5.97 Å². The maximum Gasteiger partial charge on any atom is 0.303 e. The molecule has 1 N–H and O–H groups in total. The van der Waals surface area contributed by atoms with Gasteiger partial charge in [-0.05, 0) is 37.6 Å². The van der Waals surface area contributed by atoms with E-state index in [0.717, 1.165) is 25.4 Å². The van der Waals surface area contributed by atoms with E-state index in [1.54, 1.807) is 0 Å². The molecule has 0 spiro atoms. The molecule has 2 unspecified atom stereocenters. The monoisotopic (exact) mass is 227 g/mol. The number of carboxylic acids is 1. The Kier molecular flexibility index (Phi) is 4.36. The van der Waals surface area contributed by atoms with Crippen LogP contribution in [-0.4, -0.2) is 35.1 Å². The molecule has 1 aliphatic rings. The topological polar surface area (TPSA) is 40.5 Å². The smallest absolute Gasteiger partial charge is 0.303 e. The van der Waals surface area contributed by atoms with Gasteiger partial charge in [0.15, 0.2) is 0 Å². The molecule has 16 heavy (non-hydrogen) atoms. The largest absolute Gasteiger partial charge is 0.481 e. The molecule has 0 bridgehead atoms. The fourth-order valence-corrected chi connectivity index (χ4v) is 2.41. The van der Waals surface area contributed by atoms with E-state index in [0.29, 0.717) is 11.5 Å². The molecule has 0 aromatic carbocycles. The molecular formula is C13H25NO2. The number of carboxylic acid groups (broad SMARTS) is 1. The minimum atomic E-state index is -0.682. The predicted molar refractivity (Wildman–Crippen MR) is 65.5 cm³/mol. The summed E-state index contributed by atoms with van der Waals surface area (Å²) in [6.07, 6.45) is 2.31. The molecule has 0 aromatic rings. The maximum absolute atomic E-state index is 10.5. The van der Waals surface area contributed by atoms with E-state index >= 15 is 0 Å². The lowest BCUT2D eigenvalue weighted by Gasteiger charge is -2.29. The molecular weight excluding hydrogens is 202 g/mol.